The molecule has 25 heavy (non-hydrogen) atoms. The Morgan fingerprint density at radius 3 is 2.80 bits per heavy atom. The lowest BCUT2D eigenvalue weighted by Crippen LogP contribution is -2.51. The summed E-state index contributed by atoms with van der Waals surface area (Å²) in [5, 5.41) is 8.77. The Morgan fingerprint density at radius 2 is 2.08 bits per heavy atom. The fraction of sp³-hybridized carbons (Fsp3) is 0.412. The van der Waals surface area contributed by atoms with Crippen molar-refractivity contribution in [3.8, 4) is 0 Å². The van der Waals surface area contributed by atoms with Crippen LogP contribution in [0.25, 0.3) is 0 Å². The molecule has 2 fully saturated rings. The lowest BCUT2D eigenvalue weighted by Gasteiger charge is -2.39. The molecule has 0 spiro atoms. The maximum absolute atomic E-state index is 12.4. The number of carbonyl (C=O) groups is 2. The monoisotopic (exact) mass is 359 g/mol. The van der Waals surface area contributed by atoms with E-state index in [9.17, 15) is 9.59 Å². The molecule has 0 saturated carbocycles. The standard InChI is InChI=1S/C17H18ClN5O2/c18-15-5-2-1-4-14(15)17(25)22-10-13(11-22)23-9-12(19-20-23)8-21-7-3-6-16(21)24/h1-2,4-5,9,13H,3,6-8,10-11H2. The zero-order valence-electron chi connectivity index (χ0n) is 13.6. The molecule has 0 bridgehead atoms. The van der Waals surface area contributed by atoms with E-state index >= 15 is 0 Å². The minimum atomic E-state index is -0.0650. The van der Waals surface area contributed by atoms with Crippen LogP contribution in [0.1, 0.15) is 34.9 Å². The quantitative estimate of drug-likeness (QED) is 0.833. The van der Waals surface area contributed by atoms with E-state index in [1.54, 1.807) is 33.8 Å². The van der Waals surface area contributed by atoms with Crippen molar-refractivity contribution in [1.29, 1.82) is 0 Å². The molecule has 8 heteroatoms. The van der Waals surface area contributed by atoms with Crippen LogP contribution in [-0.4, -0.2) is 56.2 Å². The van der Waals surface area contributed by atoms with Gasteiger partial charge >= 0.3 is 0 Å². The lowest BCUT2D eigenvalue weighted by molar-refractivity contribution is -0.128. The van der Waals surface area contributed by atoms with E-state index in [1.807, 2.05) is 11.1 Å². The third kappa shape index (κ3) is 3.11. The molecule has 0 unspecified atom stereocenters. The average Bonchev–Trinajstić information content (AvgIpc) is 3.17. The fourth-order valence-electron chi connectivity index (χ4n) is 3.22. The van der Waals surface area contributed by atoms with Crippen molar-refractivity contribution < 1.29 is 9.59 Å². The molecular weight excluding hydrogens is 342 g/mol. The number of likely N-dealkylation sites (tertiary alicyclic amines) is 2. The summed E-state index contributed by atoms with van der Waals surface area (Å²) in [4.78, 5) is 27.7. The van der Waals surface area contributed by atoms with Crippen molar-refractivity contribution in [2.45, 2.75) is 25.4 Å². The minimum absolute atomic E-state index is 0.0650. The van der Waals surface area contributed by atoms with Gasteiger partial charge in [-0.05, 0) is 18.6 Å². The lowest BCUT2D eigenvalue weighted by atomic mass is 10.1. The van der Waals surface area contributed by atoms with Crippen LogP contribution in [0.5, 0.6) is 0 Å². The second-order valence-electron chi connectivity index (χ2n) is 6.45. The summed E-state index contributed by atoms with van der Waals surface area (Å²) in [6.07, 6.45) is 3.40. The molecule has 0 aliphatic carbocycles. The molecule has 1 aromatic carbocycles. The highest BCUT2D eigenvalue weighted by atomic mass is 35.5. The number of benzene rings is 1. The Morgan fingerprint density at radius 1 is 1.28 bits per heavy atom. The first-order valence-corrected chi connectivity index (χ1v) is 8.72. The van der Waals surface area contributed by atoms with Gasteiger partial charge in [-0.15, -0.1) is 5.10 Å². The van der Waals surface area contributed by atoms with Gasteiger partial charge in [-0.3, -0.25) is 9.59 Å². The highest BCUT2D eigenvalue weighted by Gasteiger charge is 2.34. The number of hydrogen-bond donors (Lipinski definition) is 0. The summed E-state index contributed by atoms with van der Waals surface area (Å²) in [5.74, 6) is 0.111. The zero-order chi connectivity index (χ0) is 17.4. The first kappa shape index (κ1) is 16.1. The Balaban J connectivity index is 1.36. The molecule has 130 valence electrons. The van der Waals surface area contributed by atoms with Gasteiger partial charge in [0.05, 0.1) is 29.4 Å². The van der Waals surface area contributed by atoms with E-state index in [4.69, 9.17) is 11.6 Å². The fourth-order valence-corrected chi connectivity index (χ4v) is 3.44. The van der Waals surface area contributed by atoms with Crippen LogP contribution in [-0.2, 0) is 11.3 Å². The first-order valence-electron chi connectivity index (χ1n) is 8.34. The van der Waals surface area contributed by atoms with E-state index in [0.717, 1.165) is 18.7 Å². The Bertz CT molecular complexity index is 815. The summed E-state index contributed by atoms with van der Waals surface area (Å²) in [5.41, 5.74) is 1.31. The number of aromatic nitrogens is 3. The van der Waals surface area contributed by atoms with Crippen molar-refractivity contribution in [3.05, 3.63) is 46.7 Å². The number of nitrogens with zero attached hydrogens (tertiary/aromatic N) is 5. The summed E-state index contributed by atoms with van der Waals surface area (Å²) in [6, 6.07) is 7.18. The van der Waals surface area contributed by atoms with Gasteiger partial charge in [0.1, 0.15) is 5.69 Å². The van der Waals surface area contributed by atoms with E-state index in [2.05, 4.69) is 10.3 Å². The molecule has 0 atom stereocenters. The number of rotatable bonds is 4. The molecule has 0 radical (unpaired) electrons. The van der Waals surface area contributed by atoms with Gasteiger partial charge in [-0.1, -0.05) is 28.9 Å². The Labute approximate surface area is 150 Å². The van der Waals surface area contributed by atoms with Crippen LogP contribution in [0, 0.1) is 0 Å². The van der Waals surface area contributed by atoms with Gasteiger partial charge in [-0.2, -0.15) is 0 Å². The van der Waals surface area contributed by atoms with Crippen molar-refractivity contribution in [3.63, 3.8) is 0 Å². The van der Waals surface area contributed by atoms with Crippen LogP contribution in [0.3, 0.4) is 0 Å². The maximum Gasteiger partial charge on any atom is 0.255 e. The molecule has 3 heterocycles. The van der Waals surface area contributed by atoms with Gasteiger partial charge in [-0.25, -0.2) is 4.68 Å². The zero-order valence-corrected chi connectivity index (χ0v) is 14.4. The molecule has 7 nitrogen and oxygen atoms in total. The van der Waals surface area contributed by atoms with Gasteiger partial charge in [0.15, 0.2) is 0 Å². The molecule has 0 N–H and O–H groups in total. The van der Waals surface area contributed by atoms with Gasteiger partial charge < -0.3 is 9.80 Å². The second-order valence-corrected chi connectivity index (χ2v) is 6.86. The molecule has 2 aliphatic heterocycles. The number of carbonyl (C=O) groups excluding carboxylic acids is 2. The largest absolute Gasteiger partial charge is 0.337 e. The Hall–Kier alpha value is -2.41. The third-order valence-corrected chi connectivity index (χ3v) is 5.04. The van der Waals surface area contributed by atoms with Crippen molar-refractivity contribution >= 4 is 23.4 Å². The van der Waals surface area contributed by atoms with Crippen LogP contribution in [0.15, 0.2) is 30.5 Å². The van der Waals surface area contributed by atoms with Crippen LogP contribution < -0.4 is 0 Å². The SMILES string of the molecule is O=C1CCCN1Cc1cn(C2CN(C(=O)c3ccccc3Cl)C2)nn1. The molecule has 2 saturated heterocycles. The Kier molecular flexibility index (Phi) is 4.17. The topological polar surface area (TPSA) is 71.3 Å². The highest BCUT2D eigenvalue weighted by Crippen LogP contribution is 2.25. The normalized spacial score (nSPS) is 17.9. The maximum atomic E-state index is 12.4. The first-order chi connectivity index (χ1) is 12.1. The van der Waals surface area contributed by atoms with Crippen molar-refractivity contribution in [2.24, 2.45) is 0 Å². The predicted octanol–water partition coefficient (Wildman–Crippen LogP) is 1.75. The summed E-state index contributed by atoms with van der Waals surface area (Å²) < 4.78 is 1.78. The van der Waals surface area contributed by atoms with Gasteiger partial charge in [0.25, 0.3) is 5.91 Å². The molecule has 2 aliphatic rings. The number of hydrogen-bond acceptors (Lipinski definition) is 4. The average molecular weight is 360 g/mol. The van der Waals surface area contributed by atoms with Crippen LogP contribution in [0.2, 0.25) is 5.02 Å². The van der Waals surface area contributed by atoms with Crippen LogP contribution >= 0.6 is 11.6 Å². The van der Waals surface area contributed by atoms with Crippen molar-refractivity contribution in [2.75, 3.05) is 19.6 Å². The van der Waals surface area contributed by atoms with E-state index in [1.165, 1.54) is 0 Å². The van der Waals surface area contributed by atoms with Gasteiger partial charge in [0.2, 0.25) is 5.91 Å². The summed E-state index contributed by atoms with van der Waals surface area (Å²) in [6.45, 7) is 2.45. The van der Waals surface area contributed by atoms with E-state index in [0.29, 0.717) is 36.6 Å². The summed E-state index contributed by atoms with van der Waals surface area (Å²) >= 11 is 6.09. The van der Waals surface area contributed by atoms with Crippen molar-refractivity contribution in [1.82, 2.24) is 24.8 Å². The molecular formula is C17H18ClN5O2. The predicted molar refractivity (Wildman–Crippen MR) is 91.1 cm³/mol. The number of amides is 2. The highest BCUT2D eigenvalue weighted by molar-refractivity contribution is 6.33. The number of halogens is 1. The van der Waals surface area contributed by atoms with E-state index < -0.39 is 0 Å². The minimum Gasteiger partial charge on any atom is -0.337 e. The second kappa shape index (κ2) is 6.48. The van der Waals surface area contributed by atoms with E-state index in [-0.39, 0.29) is 17.9 Å². The molecule has 1 aromatic heterocycles. The smallest absolute Gasteiger partial charge is 0.255 e. The summed E-state index contributed by atoms with van der Waals surface area (Å²) in [7, 11) is 0. The van der Waals surface area contributed by atoms with Gasteiger partial charge in [0, 0.05) is 26.1 Å². The molecule has 2 aromatic rings. The third-order valence-electron chi connectivity index (χ3n) is 4.71. The molecule has 4 rings (SSSR count). The molecule has 2 amide bonds. The van der Waals surface area contributed by atoms with Crippen LogP contribution in [0.4, 0.5) is 0 Å².